The smallest absolute Gasteiger partial charge is 0.238 e. The summed E-state index contributed by atoms with van der Waals surface area (Å²) in [6.07, 6.45) is 4.59. The molecule has 0 spiro atoms. The van der Waals surface area contributed by atoms with Crippen LogP contribution in [0.15, 0.2) is 54.9 Å². The number of rotatable bonds is 6. The quantitative estimate of drug-likeness (QED) is 0.413. The van der Waals surface area contributed by atoms with Gasteiger partial charge in [-0.15, -0.1) is 0 Å². The SMILES string of the molecule is COc1nccc2c(-c3cc(CS(C)(=O)=O)ccc3Oc3ccc(F)cc3F)cn(C)c12. The molecule has 0 N–H and O–H groups in total. The average Bonchev–Trinajstić information content (AvgIpc) is 3.06. The number of halogens is 2. The molecule has 2 aromatic carbocycles. The van der Waals surface area contributed by atoms with E-state index in [1.165, 1.54) is 13.2 Å². The highest BCUT2D eigenvalue weighted by Crippen LogP contribution is 2.41. The van der Waals surface area contributed by atoms with Crippen LogP contribution in [-0.2, 0) is 22.6 Å². The van der Waals surface area contributed by atoms with Crippen LogP contribution in [-0.4, -0.2) is 31.3 Å². The van der Waals surface area contributed by atoms with Gasteiger partial charge in [0.25, 0.3) is 0 Å². The number of nitrogens with zero attached hydrogens (tertiary/aromatic N) is 2. The molecule has 0 aliphatic rings. The Balaban J connectivity index is 1.92. The molecule has 4 aromatic rings. The number of benzene rings is 2. The molecule has 0 bridgehead atoms. The molecule has 4 rings (SSSR count). The summed E-state index contributed by atoms with van der Waals surface area (Å²) in [5, 5.41) is 0.792. The van der Waals surface area contributed by atoms with Crippen molar-refractivity contribution < 1.29 is 26.7 Å². The van der Waals surface area contributed by atoms with Crippen LogP contribution < -0.4 is 9.47 Å². The monoisotopic (exact) mass is 458 g/mol. The van der Waals surface area contributed by atoms with Crippen molar-refractivity contribution in [3.8, 4) is 28.5 Å². The molecule has 0 aliphatic carbocycles. The van der Waals surface area contributed by atoms with Crippen LogP contribution in [0.4, 0.5) is 8.78 Å². The molecule has 6 nitrogen and oxygen atoms in total. The highest BCUT2D eigenvalue weighted by atomic mass is 32.2. The number of ether oxygens (including phenoxy) is 2. The zero-order valence-electron chi connectivity index (χ0n) is 17.6. The third-order valence-corrected chi connectivity index (χ3v) is 5.78. The molecule has 0 unspecified atom stereocenters. The standard InChI is InChI=1S/C23H20F2N2O4S/c1-27-12-18(16-8-9-26-23(30-2)22(16)27)17-10-14(13-32(3,28)29)4-6-20(17)31-21-7-5-15(24)11-19(21)25/h4-12H,13H2,1-3H3. The maximum Gasteiger partial charge on any atom is 0.238 e. The Morgan fingerprint density at radius 1 is 1.03 bits per heavy atom. The van der Waals surface area contributed by atoms with E-state index in [4.69, 9.17) is 9.47 Å². The van der Waals surface area contributed by atoms with Crippen LogP contribution >= 0.6 is 0 Å². The van der Waals surface area contributed by atoms with Crippen molar-refractivity contribution in [1.82, 2.24) is 9.55 Å². The Labute approximate surface area is 184 Å². The number of pyridine rings is 1. The zero-order valence-corrected chi connectivity index (χ0v) is 18.4. The second-order valence-electron chi connectivity index (χ2n) is 7.45. The lowest BCUT2D eigenvalue weighted by molar-refractivity contribution is 0.401. The summed E-state index contributed by atoms with van der Waals surface area (Å²) in [6, 6.07) is 9.73. The van der Waals surface area contributed by atoms with E-state index in [1.54, 1.807) is 30.5 Å². The first-order valence-electron chi connectivity index (χ1n) is 9.58. The van der Waals surface area contributed by atoms with Gasteiger partial charge in [-0.1, -0.05) is 6.07 Å². The molecule has 0 radical (unpaired) electrons. The number of hydrogen-bond donors (Lipinski definition) is 0. The molecular weight excluding hydrogens is 438 g/mol. The second-order valence-corrected chi connectivity index (χ2v) is 9.59. The fraction of sp³-hybridized carbons (Fsp3) is 0.174. The largest absolute Gasteiger partial charge is 0.479 e. The summed E-state index contributed by atoms with van der Waals surface area (Å²) in [7, 11) is 0.0658. The van der Waals surface area contributed by atoms with Crippen molar-refractivity contribution in [2.24, 2.45) is 7.05 Å². The number of aryl methyl sites for hydroxylation is 1. The molecule has 2 aromatic heterocycles. The van der Waals surface area contributed by atoms with E-state index in [1.807, 2.05) is 17.8 Å². The second kappa shape index (κ2) is 8.23. The maximum atomic E-state index is 14.3. The molecule has 0 amide bonds. The van der Waals surface area contributed by atoms with Crippen molar-refractivity contribution in [1.29, 1.82) is 0 Å². The summed E-state index contributed by atoms with van der Waals surface area (Å²) in [5.41, 5.74) is 2.55. The van der Waals surface area contributed by atoms with E-state index in [0.717, 1.165) is 34.9 Å². The zero-order chi connectivity index (χ0) is 23.0. The lowest BCUT2D eigenvalue weighted by Crippen LogP contribution is -2.01. The van der Waals surface area contributed by atoms with Gasteiger partial charge in [-0.3, -0.25) is 0 Å². The Kier molecular flexibility index (Phi) is 5.60. The minimum atomic E-state index is -3.28. The van der Waals surface area contributed by atoms with Crippen LogP contribution in [0.5, 0.6) is 17.4 Å². The average molecular weight is 458 g/mol. The number of aromatic nitrogens is 2. The van der Waals surface area contributed by atoms with Crippen LogP contribution in [0.2, 0.25) is 0 Å². The Hall–Kier alpha value is -3.46. The topological polar surface area (TPSA) is 70.4 Å². The van der Waals surface area contributed by atoms with Crippen LogP contribution in [0.1, 0.15) is 5.56 Å². The summed E-state index contributed by atoms with van der Waals surface area (Å²) < 4.78 is 64.3. The molecule has 166 valence electrons. The third kappa shape index (κ3) is 4.29. The number of hydrogen-bond acceptors (Lipinski definition) is 5. The molecule has 0 atom stereocenters. The molecule has 9 heteroatoms. The molecule has 0 fully saturated rings. The first-order chi connectivity index (χ1) is 15.2. The van der Waals surface area contributed by atoms with E-state index in [-0.39, 0.29) is 17.3 Å². The molecular formula is C23H20F2N2O4S. The van der Waals surface area contributed by atoms with Gasteiger partial charge in [0, 0.05) is 48.3 Å². The summed E-state index contributed by atoms with van der Waals surface area (Å²) in [5.74, 6) is -1.16. The van der Waals surface area contributed by atoms with Crippen molar-refractivity contribution in [2.45, 2.75) is 5.75 Å². The highest BCUT2D eigenvalue weighted by Gasteiger charge is 2.19. The molecule has 0 saturated heterocycles. The number of fused-ring (bicyclic) bond motifs is 1. The Morgan fingerprint density at radius 3 is 2.47 bits per heavy atom. The fourth-order valence-corrected chi connectivity index (χ4v) is 4.42. The van der Waals surface area contributed by atoms with Gasteiger partial charge >= 0.3 is 0 Å². The van der Waals surface area contributed by atoms with Gasteiger partial charge in [-0.2, -0.15) is 0 Å². The van der Waals surface area contributed by atoms with E-state index < -0.39 is 21.5 Å². The number of methoxy groups -OCH3 is 1. The minimum absolute atomic E-state index is 0.150. The van der Waals surface area contributed by atoms with Crippen molar-refractivity contribution in [3.63, 3.8) is 0 Å². The lowest BCUT2D eigenvalue weighted by Gasteiger charge is -2.13. The first kappa shape index (κ1) is 21.8. The Morgan fingerprint density at radius 2 is 1.78 bits per heavy atom. The van der Waals surface area contributed by atoms with Gasteiger partial charge in [0.05, 0.1) is 12.9 Å². The van der Waals surface area contributed by atoms with Crippen molar-refractivity contribution >= 4 is 20.7 Å². The van der Waals surface area contributed by atoms with Gasteiger partial charge < -0.3 is 14.0 Å². The molecule has 2 heterocycles. The first-order valence-corrected chi connectivity index (χ1v) is 11.6. The maximum absolute atomic E-state index is 14.3. The lowest BCUT2D eigenvalue weighted by atomic mass is 10.0. The van der Waals surface area contributed by atoms with E-state index in [0.29, 0.717) is 17.0 Å². The molecule has 0 saturated carbocycles. The highest BCUT2D eigenvalue weighted by molar-refractivity contribution is 7.89. The van der Waals surface area contributed by atoms with Crippen LogP contribution in [0.25, 0.3) is 22.0 Å². The summed E-state index contributed by atoms with van der Waals surface area (Å²) in [6.45, 7) is 0. The van der Waals surface area contributed by atoms with Gasteiger partial charge in [-0.05, 0) is 35.9 Å². The summed E-state index contributed by atoms with van der Waals surface area (Å²) >= 11 is 0. The predicted octanol–water partition coefficient (Wildman–Crippen LogP) is 4.86. The van der Waals surface area contributed by atoms with Gasteiger partial charge in [0.1, 0.15) is 17.1 Å². The van der Waals surface area contributed by atoms with E-state index in [9.17, 15) is 17.2 Å². The summed E-state index contributed by atoms with van der Waals surface area (Å²) in [4.78, 5) is 4.23. The fourth-order valence-electron chi connectivity index (χ4n) is 3.63. The van der Waals surface area contributed by atoms with E-state index >= 15 is 0 Å². The van der Waals surface area contributed by atoms with Crippen molar-refractivity contribution in [3.05, 3.63) is 72.1 Å². The number of sulfone groups is 1. The van der Waals surface area contributed by atoms with E-state index in [2.05, 4.69) is 4.98 Å². The predicted molar refractivity (Wildman–Crippen MR) is 118 cm³/mol. The normalized spacial score (nSPS) is 11.7. The Bertz CT molecular complexity index is 1430. The molecule has 0 aliphatic heterocycles. The minimum Gasteiger partial charge on any atom is -0.479 e. The van der Waals surface area contributed by atoms with Crippen molar-refractivity contribution in [2.75, 3.05) is 13.4 Å². The molecule has 32 heavy (non-hydrogen) atoms. The van der Waals surface area contributed by atoms with Gasteiger partial charge in [0.15, 0.2) is 21.4 Å². The van der Waals surface area contributed by atoms with Crippen LogP contribution in [0.3, 0.4) is 0 Å². The third-order valence-electron chi connectivity index (χ3n) is 4.93. The van der Waals surface area contributed by atoms with Gasteiger partial charge in [0.2, 0.25) is 5.88 Å². The van der Waals surface area contributed by atoms with Crippen LogP contribution in [0, 0.1) is 11.6 Å². The van der Waals surface area contributed by atoms with Gasteiger partial charge in [-0.25, -0.2) is 22.2 Å².